The lowest BCUT2D eigenvalue weighted by Crippen LogP contribution is -2.34. The van der Waals surface area contributed by atoms with Gasteiger partial charge in [0.05, 0.1) is 38.8 Å². The average Bonchev–Trinajstić information content (AvgIpc) is 2.66. The van der Waals surface area contributed by atoms with Gasteiger partial charge in [0, 0.05) is 12.7 Å². The SMILES string of the molecule is CCOC(=O)CCN(Cc1ccccn1)C(=O)Cc1ccc(OC)cc1. The molecule has 0 bridgehead atoms. The number of rotatable bonds is 9. The molecule has 0 aliphatic carbocycles. The second-order valence-electron chi connectivity index (χ2n) is 5.72. The normalized spacial score (nSPS) is 10.2. The number of nitrogens with zero attached hydrogens (tertiary/aromatic N) is 2. The van der Waals surface area contributed by atoms with Crippen LogP contribution in [0.3, 0.4) is 0 Å². The van der Waals surface area contributed by atoms with Crippen molar-refractivity contribution in [3.63, 3.8) is 0 Å². The van der Waals surface area contributed by atoms with Crippen molar-refractivity contribution in [2.45, 2.75) is 26.3 Å². The van der Waals surface area contributed by atoms with Crippen molar-refractivity contribution in [1.82, 2.24) is 9.88 Å². The third-order valence-electron chi connectivity index (χ3n) is 3.84. The fraction of sp³-hybridized carbons (Fsp3) is 0.350. The molecule has 1 aromatic carbocycles. The first-order valence-electron chi connectivity index (χ1n) is 8.58. The summed E-state index contributed by atoms with van der Waals surface area (Å²) in [6, 6.07) is 12.9. The van der Waals surface area contributed by atoms with E-state index in [0.717, 1.165) is 17.0 Å². The summed E-state index contributed by atoms with van der Waals surface area (Å²) in [6.07, 6.45) is 2.10. The Hall–Kier alpha value is -2.89. The first-order chi connectivity index (χ1) is 12.6. The third kappa shape index (κ3) is 6.20. The van der Waals surface area contributed by atoms with E-state index in [1.807, 2.05) is 42.5 Å². The monoisotopic (exact) mass is 356 g/mol. The summed E-state index contributed by atoms with van der Waals surface area (Å²) in [5.41, 5.74) is 1.66. The van der Waals surface area contributed by atoms with E-state index in [0.29, 0.717) is 19.7 Å². The maximum atomic E-state index is 12.8. The highest BCUT2D eigenvalue weighted by molar-refractivity contribution is 5.79. The Morgan fingerprint density at radius 2 is 1.88 bits per heavy atom. The molecule has 0 N–H and O–H groups in total. The van der Waals surface area contributed by atoms with Crippen LogP contribution in [0.1, 0.15) is 24.6 Å². The summed E-state index contributed by atoms with van der Waals surface area (Å²) < 4.78 is 10.1. The minimum absolute atomic E-state index is 0.0647. The number of hydrogen-bond acceptors (Lipinski definition) is 5. The van der Waals surface area contributed by atoms with E-state index in [9.17, 15) is 9.59 Å². The van der Waals surface area contributed by atoms with Crippen molar-refractivity contribution in [1.29, 1.82) is 0 Å². The van der Waals surface area contributed by atoms with Gasteiger partial charge in [-0.1, -0.05) is 18.2 Å². The molecule has 1 amide bonds. The molecule has 1 aromatic heterocycles. The smallest absolute Gasteiger partial charge is 0.307 e. The van der Waals surface area contributed by atoms with Crippen LogP contribution in [0.15, 0.2) is 48.7 Å². The van der Waals surface area contributed by atoms with E-state index in [4.69, 9.17) is 9.47 Å². The Morgan fingerprint density at radius 3 is 2.50 bits per heavy atom. The van der Waals surface area contributed by atoms with Gasteiger partial charge in [0.15, 0.2) is 0 Å². The van der Waals surface area contributed by atoms with Crippen LogP contribution in [0, 0.1) is 0 Å². The van der Waals surface area contributed by atoms with Gasteiger partial charge < -0.3 is 14.4 Å². The van der Waals surface area contributed by atoms with Gasteiger partial charge in [0.25, 0.3) is 0 Å². The Kier molecular flexibility index (Phi) is 7.61. The number of amides is 1. The minimum Gasteiger partial charge on any atom is -0.497 e. The standard InChI is InChI=1S/C20H24N2O4/c1-3-26-20(24)11-13-22(15-17-6-4-5-12-21-17)19(23)14-16-7-9-18(25-2)10-8-16/h4-10,12H,3,11,13-15H2,1-2H3. The molecule has 6 nitrogen and oxygen atoms in total. The first-order valence-corrected chi connectivity index (χ1v) is 8.58. The van der Waals surface area contributed by atoms with Crippen LogP contribution in [-0.4, -0.2) is 42.0 Å². The largest absolute Gasteiger partial charge is 0.497 e. The van der Waals surface area contributed by atoms with Crippen LogP contribution in [0.25, 0.3) is 0 Å². The molecular formula is C20H24N2O4. The van der Waals surface area contributed by atoms with E-state index in [-0.39, 0.29) is 24.7 Å². The minimum atomic E-state index is -0.309. The second kappa shape index (κ2) is 10.2. The zero-order valence-corrected chi connectivity index (χ0v) is 15.2. The van der Waals surface area contributed by atoms with E-state index in [1.54, 1.807) is 25.1 Å². The number of carbonyl (C=O) groups excluding carboxylic acids is 2. The highest BCUT2D eigenvalue weighted by Crippen LogP contribution is 2.13. The van der Waals surface area contributed by atoms with Crippen molar-refractivity contribution >= 4 is 11.9 Å². The number of methoxy groups -OCH3 is 1. The number of aromatic nitrogens is 1. The first kappa shape index (κ1) is 19.4. The number of esters is 1. The Bertz CT molecular complexity index is 702. The average molecular weight is 356 g/mol. The zero-order chi connectivity index (χ0) is 18.8. The fourth-order valence-corrected chi connectivity index (χ4v) is 2.47. The van der Waals surface area contributed by atoms with E-state index in [2.05, 4.69) is 4.98 Å². The molecule has 26 heavy (non-hydrogen) atoms. The second-order valence-corrected chi connectivity index (χ2v) is 5.72. The van der Waals surface area contributed by atoms with Crippen LogP contribution < -0.4 is 4.74 Å². The van der Waals surface area contributed by atoms with E-state index >= 15 is 0 Å². The molecule has 2 rings (SSSR count). The Balaban J connectivity index is 2.04. The van der Waals surface area contributed by atoms with E-state index < -0.39 is 0 Å². The lowest BCUT2D eigenvalue weighted by atomic mass is 10.1. The van der Waals surface area contributed by atoms with Gasteiger partial charge in [-0.25, -0.2) is 0 Å². The van der Waals surface area contributed by atoms with Gasteiger partial charge >= 0.3 is 5.97 Å². The van der Waals surface area contributed by atoms with Crippen LogP contribution in [0.2, 0.25) is 0 Å². The maximum absolute atomic E-state index is 12.8. The molecular weight excluding hydrogens is 332 g/mol. The fourth-order valence-electron chi connectivity index (χ4n) is 2.47. The quantitative estimate of drug-likeness (QED) is 0.646. The molecule has 0 aliphatic rings. The van der Waals surface area contributed by atoms with Gasteiger partial charge in [-0.2, -0.15) is 0 Å². The third-order valence-corrected chi connectivity index (χ3v) is 3.84. The number of pyridine rings is 1. The lowest BCUT2D eigenvalue weighted by molar-refractivity contribution is -0.144. The summed E-state index contributed by atoms with van der Waals surface area (Å²) in [4.78, 5) is 30.3. The van der Waals surface area contributed by atoms with Crippen LogP contribution in [-0.2, 0) is 27.3 Å². The molecule has 0 radical (unpaired) electrons. The predicted molar refractivity (Wildman–Crippen MR) is 97.6 cm³/mol. The highest BCUT2D eigenvalue weighted by Gasteiger charge is 2.17. The maximum Gasteiger partial charge on any atom is 0.307 e. The van der Waals surface area contributed by atoms with Crippen molar-refractivity contribution in [3.8, 4) is 5.75 Å². The van der Waals surface area contributed by atoms with Gasteiger partial charge in [0.1, 0.15) is 5.75 Å². The summed E-state index contributed by atoms with van der Waals surface area (Å²) in [6.45, 7) is 2.75. The van der Waals surface area contributed by atoms with Crippen LogP contribution in [0.4, 0.5) is 0 Å². The summed E-state index contributed by atoms with van der Waals surface area (Å²) in [5, 5.41) is 0. The predicted octanol–water partition coefficient (Wildman–Crippen LogP) is 2.61. The topological polar surface area (TPSA) is 68.7 Å². The zero-order valence-electron chi connectivity index (χ0n) is 15.2. The summed E-state index contributed by atoms with van der Waals surface area (Å²) >= 11 is 0. The molecule has 6 heteroatoms. The molecule has 0 atom stereocenters. The van der Waals surface area contributed by atoms with Gasteiger partial charge in [-0.15, -0.1) is 0 Å². The summed E-state index contributed by atoms with van der Waals surface area (Å²) in [7, 11) is 1.60. The number of carbonyl (C=O) groups is 2. The number of ether oxygens (including phenoxy) is 2. The molecule has 0 saturated heterocycles. The number of benzene rings is 1. The molecule has 2 aromatic rings. The van der Waals surface area contributed by atoms with Crippen molar-refractivity contribution in [2.24, 2.45) is 0 Å². The Labute approximate surface area is 153 Å². The van der Waals surface area contributed by atoms with Crippen molar-refractivity contribution < 1.29 is 19.1 Å². The molecule has 0 aliphatic heterocycles. The molecule has 0 unspecified atom stereocenters. The molecule has 1 heterocycles. The van der Waals surface area contributed by atoms with E-state index in [1.165, 1.54) is 0 Å². The number of hydrogen-bond donors (Lipinski definition) is 0. The molecule has 138 valence electrons. The summed E-state index contributed by atoms with van der Waals surface area (Å²) in [5.74, 6) is 0.370. The molecule has 0 fully saturated rings. The lowest BCUT2D eigenvalue weighted by Gasteiger charge is -2.22. The van der Waals surface area contributed by atoms with Crippen molar-refractivity contribution in [2.75, 3.05) is 20.3 Å². The Morgan fingerprint density at radius 1 is 1.12 bits per heavy atom. The van der Waals surface area contributed by atoms with Crippen LogP contribution in [0.5, 0.6) is 5.75 Å². The molecule has 0 saturated carbocycles. The van der Waals surface area contributed by atoms with Gasteiger partial charge in [-0.05, 0) is 36.8 Å². The molecule has 0 spiro atoms. The van der Waals surface area contributed by atoms with Crippen LogP contribution >= 0.6 is 0 Å². The van der Waals surface area contributed by atoms with Crippen molar-refractivity contribution in [3.05, 3.63) is 59.9 Å². The van der Waals surface area contributed by atoms with Gasteiger partial charge in [0.2, 0.25) is 5.91 Å². The highest BCUT2D eigenvalue weighted by atomic mass is 16.5. The van der Waals surface area contributed by atoms with Gasteiger partial charge in [-0.3, -0.25) is 14.6 Å².